The van der Waals surface area contributed by atoms with E-state index in [0.717, 1.165) is 0 Å². The van der Waals surface area contributed by atoms with Crippen LogP contribution in [-0.4, -0.2) is 19.3 Å². The highest BCUT2D eigenvalue weighted by atomic mass is 79.9. The molecule has 0 bridgehead atoms. The fourth-order valence-corrected chi connectivity index (χ4v) is 2.99. The lowest BCUT2D eigenvalue weighted by molar-refractivity contribution is 0.214. The molecule has 1 unspecified atom stereocenters. The molecule has 0 radical (unpaired) electrons. The third kappa shape index (κ3) is 3.29. The zero-order valence-corrected chi connectivity index (χ0v) is 14.5. The molecule has 0 saturated heterocycles. The van der Waals surface area contributed by atoms with Crippen LogP contribution in [0.2, 0.25) is 10.0 Å². The highest BCUT2D eigenvalue weighted by molar-refractivity contribution is 9.10. The molecule has 112 valence electrons. The lowest BCUT2D eigenvalue weighted by Crippen LogP contribution is -2.04. The van der Waals surface area contributed by atoms with E-state index in [-0.39, 0.29) is 0 Å². The van der Waals surface area contributed by atoms with Gasteiger partial charge >= 0.3 is 0 Å². The van der Waals surface area contributed by atoms with Gasteiger partial charge in [0.05, 0.1) is 24.3 Å². The molecule has 2 aromatic carbocycles. The topological polar surface area (TPSA) is 38.7 Å². The molecular formula is C15H13BrCl2O3. The quantitative estimate of drug-likeness (QED) is 0.809. The van der Waals surface area contributed by atoms with Crippen molar-refractivity contribution in [1.82, 2.24) is 0 Å². The number of methoxy groups -OCH3 is 2. The van der Waals surface area contributed by atoms with E-state index in [1.165, 1.54) is 7.11 Å². The number of aliphatic hydroxyl groups excluding tert-OH is 1. The molecule has 0 aliphatic carbocycles. The molecule has 2 aromatic rings. The normalized spacial score (nSPS) is 12.1. The van der Waals surface area contributed by atoms with Gasteiger partial charge in [0.15, 0.2) is 0 Å². The maximum Gasteiger partial charge on any atom is 0.142 e. The Labute approximate surface area is 141 Å². The summed E-state index contributed by atoms with van der Waals surface area (Å²) in [5.74, 6) is 1.13. The van der Waals surface area contributed by atoms with Gasteiger partial charge in [-0.1, -0.05) is 29.3 Å². The summed E-state index contributed by atoms with van der Waals surface area (Å²) in [6, 6.07) is 8.49. The van der Waals surface area contributed by atoms with Crippen molar-refractivity contribution in [2.24, 2.45) is 0 Å². The standard InChI is InChI=1S/C15H13BrCl2O3/c1-20-12-6-4-9(15(21-2)13(12)16)14(19)8-3-5-10(17)11(18)7-8/h3-7,14,19H,1-2H3. The van der Waals surface area contributed by atoms with Crippen molar-refractivity contribution in [3.05, 3.63) is 56.0 Å². The number of aliphatic hydroxyl groups is 1. The van der Waals surface area contributed by atoms with Crippen molar-refractivity contribution in [1.29, 1.82) is 0 Å². The molecule has 0 aliphatic heterocycles. The van der Waals surface area contributed by atoms with E-state index in [0.29, 0.717) is 37.1 Å². The summed E-state index contributed by atoms with van der Waals surface area (Å²) in [5, 5.41) is 11.4. The fourth-order valence-electron chi connectivity index (χ4n) is 2.00. The average molecular weight is 392 g/mol. The molecule has 6 heteroatoms. The Kier molecular flexibility index (Phi) is 5.38. The van der Waals surface area contributed by atoms with Crippen LogP contribution in [0, 0.1) is 0 Å². The van der Waals surface area contributed by atoms with E-state index < -0.39 is 6.10 Å². The highest BCUT2D eigenvalue weighted by Crippen LogP contribution is 2.41. The summed E-state index contributed by atoms with van der Waals surface area (Å²) in [6.45, 7) is 0. The first-order valence-electron chi connectivity index (χ1n) is 6.03. The van der Waals surface area contributed by atoms with Gasteiger partial charge in [-0.2, -0.15) is 0 Å². The maximum absolute atomic E-state index is 10.6. The summed E-state index contributed by atoms with van der Waals surface area (Å²) < 4.78 is 11.2. The van der Waals surface area contributed by atoms with E-state index >= 15 is 0 Å². The maximum atomic E-state index is 10.6. The molecule has 0 spiro atoms. The molecule has 1 N–H and O–H groups in total. The molecule has 0 aliphatic rings. The van der Waals surface area contributed by atoms with Crippen molar-refractivity contribution in [2.75, 3.05) is 14.2 Å². The van der Waals surface area contributed by atoms with E-state index in [9.17, 15) is 5.11 Å². The van der Waals surface area contributed by atoms with Crippen molar-refractivity contribution in [3.8, 4) is 11.5 Å². The Balaban J connectivity index is 2.50. The Bertz CT molecular complexity index is 662. The van der Waals surface area contributed by atoms with E-state index in [4.69, 9.17) is 32.7 Å². The highest BCUT2D eigenvalue weighted by Gasteiger charge is 2.20. The number of halogens is 3. The predicted molar refractivity (Wildman–Crippen MR) is 87.8 cm³/mol. The van der Waals surface area contributed by atoms with E-state index in [1.807, 2.05) is 0 Å². The van der Waals surface area contributed by atoms with Gasteiger partial charge in [0.25, 0.3) is 0 Å². The van der Waals surface area contributed by atoms with E-state index in [2.05, 4.69) is 15.9 Å². The Morgan fingerprint density at radius 2 is 1.76 bits per heavy atom. The Hall–Kier alpha value is -0.940. The van der Waals surface area contributed by atoms with Crippen molar-refractivity contribution in [2.45, 2.75) is 6.10 Å². The predicted octanol–water partition coefficient (Wildman–Crippen LogP) is 4.85. The summed E-state index contributed by atoms with van der Waals surface area (Å²) in [4.78, 5) is 0. The SMILES string of the molecule is COc1ccc(C(O)c2ccc(Cl)c(Cl)c2)c(OC)c1Br. The minimum Gasteiger partial charge on any atom is -0.495 e. The number of benzene rings is 2. The van der Waals surface area contributed by atoms with Crippen LogP contribution in [0.5, 0.6) is 11.5 Å². The Morgan fingerprint density at radius 3 is 2.33 bits per heavy atom. The van der Waals surface area contributed by atoms with Gasteiger partial charge < -0.3 is 14.6 Å². The zero-order chi connectivity index (χ0) is 15.6. The average Bonchev–Trinajstić information content (AvgIpc) is 2.49. The summed E-state index contributed by atoms with van der Waals surface area (Å²) >= 11 is 15.3. The molecule has 21 heavy (non-hydrogen) atoms. The van der Waals surface area contributed by atoms with Crippen LogP contribution in [0.3, 0.4) is 0 Å². The third-order valence-electron chi connectivity index (χ3n) is 3.07. The Morgan fingerprint density at radius 1 is 1.05 bits per heavy atom. The molecule has 0 heterocycles. The monoisotopic (exact) mass is 390 g/mol. The molecule has 0 fully saturated rings. The molecule has 0 aromatic heterocycles. The first kappa shape index (κ1) is 16.4. The second-order valence-corrected chi connectivity index (χ2v) is 5.89. The smallest absolute Gasteiger partial charge is 0.142 e. The van der Waals surface area contributed by atoms with Crippen LogP contribution in [0.25, 0.3) is 0 Å². The van der Waals surface area contributed by atoms with Gasteiger partial charge in [-0.25, -0.2) is 0 Å². The first-order valence-corrected chi connectivity index (χ1v) is 7.57. The van der Waals surface area contributed by atoms with Crippen LogP contribution < -0.4 is 9.47 Å². The summed E-state index contributed by atoms with van der Waals surface area (Å²) in [6.07, 6.45) is -0.892. The minimum atomic E-state index is -0.892. The minimum absolute atomic E-state index is 0.389. The molecule has 0 amide bonds. The first-order chi connectivity index (χ1) is 9.99. The van der Waals surface area contributed by atoms with Gasteiger partial charge in [-0.05, 0) is 45.8 Å². The number of ether oxygens (including phenoxy) is 2. The largest absolute Gasteiger partial charge is 0.495 e. The number of hydrogen-bond donors (Lipinski definition) is 1. The van der Waals surface area contributed by atoms with Gasteiger partial charge in [0, 0.05) is 5.56 Å². The van der Waals surface area contributed by atoms with Crippen molar-refractivity contribution < 1.29 is 14.6 Å². The number of rotatable bonds is 4. The third-order valence-corrected chi connectivity index (χ3v) is 4.56. The molecule has 3 nitrogen and oxygen atoms in total. The van der Waals surface area contributed by atoms with Crippen molar-refractivity contribution in [3.63, 3.8) is 0 Å². The van der Waals surface area contributed by atoms with Gasteiger partial charge in [-0.15, -0.1) is 0 Å². The molecule has 1 atom stereocenters. The zero-order valence-electron chi connectivity index (χ0n) is 11.4. The van der Waals surface area contributed by atoms with Crippen LogP contribution >= 0.6 is 39.1 Å². The van der Waals surface area contributed by atoms with Crippen LogP contribution in [0.1, 0.15) is 17.2 Å². The fraction of sp³-hybridized carbons (Fsp3) is 0.200. The molecular weight excluding hydrogens is 379 g/mol. The lowest BCUT2D eigenvalue weighted by atomic mass is 10.0. The molecule has 0 saturated carbocycles. The lowest BCUT2D eigenvalue weighted by Gasteiger charge is -2.18. The second kappa shape index (κ2) is 6.88. The van der Waals surface area contributed by atoms with Crippen LogP contribution in [0.15, 0.2) is 34.8 Å². The van der Waals surface area contributed by atoms with Gasteiger partial charge in [-0.3, -0.25) is 0 Å². The van der Waals surface area contributed by atoms with Crippen molar-refractivity contribution >= 4 is 39.1 Å². The van der Waals surface area contributed by atoms with E-state index in [1.54, 1.807) is 37.4 Å². The summed E-state index contributed by atoms with van der Waals surface area (Å²) in [5.41, 5.74) is 1.23. The molecule has 2 rings (SSSR count). The van der Waals surface area contributed by atoms with Gasteiger partial charge in [0.2, 0.25) is 0 Å². The number of hydrogen-bond acceptors (Lipinski definition) is 3. The van der Waals surface area contributed by atoms with Gasteiger partial charge in [0.1, 0.15) is 22.1 Å². The second-order valence-electron chi connectivity index (χ2n) is 4.28. The van der Waals surface area contributed by atoms with Crippen LogP contribution in [0.4, 0.5) is 0 Å². The summed E-state index contributed by atoms with van der Waals surface area (Å²) in [7, 11) is 3.10. The van der Waals surface area contributed by atoms with Crippen LogP contribution in [-0.2, 0) is 0 Å².